The number of nitrogens with zero attached hydrogens (tertiary/aromatic N) is 8. The molecule has 0 spiro atoms. The predicted octanol–water partition coefficient (Wildman–Crippen LogP) is -4.93. The third kappa shape index (κ3) is 4.67. The molecule has 8 N–H and O–H groups in total. The number of aromatic nitrogens is 8. The fraction of sp³-hybridized carbons (Fsp3) is 0.545. The lowest BCUT2D eigenvalue weighted by atomic mass is 10.1. The lowest BCUT2D eigenvalue weighted by molar-refractivity contribution is -0.0511. The average molecular weight is 580 g/mol. The second-order valence-corrected chi connectivity index (χ2v) is 9.60. The highest BCUT2D eigenvalue weighted by Crippen LogP contribution is 2.32. The van der Waals surface area contributed by atoms with E-state index < -0.39 is 67.9 Å². The second-order valence-electron chi connectivity index (χ2n) is 9.60. The van der Waals surface area contributed by atoms with Crippen molar-refractivity contribution in [2.75, 3.05) is 18.9 Å². The topological polar surface area (TPSA) is 271 Å². The molecule has 0 unspecified atom stereocenters. The van der Waals surface area contributed by atoms with Crippen LogP contribution in [0, 0.1) is 0 Å². The molecule has 41 heavy (non-hydrogen) atoms. The van der Waals surface area contributed by atoms with Crippen molar-refractivity contribution >= 4 is 28.3 Å². The van der Waals surface area contributed by atoms with Gasteiger partial charge in [0.25, 0.3) is 11.1 Å². The minimum Gasteiger partial charge on any atom is -0.394 e. The molecule has 4 aromatic heterocycles. The Balaban J connectivity index is 0.000000165. The smallest absolute Gasteiger partial charge is 0.282 e. The Morgan fingerprint density at radius 1 is 0.756 bits per heavy atom. The Morgan fingerprint density at radius 2 is 1.24 bits per heavy atom. The Bertz CT molecular complexity index is 1680. The molecule has 0 aromatic carbocycles. The summed E-state index contributed by atoms with van der Waals surface area (Å²) in [6, 6.07) is 0. The summed E-state index contributed by atoms with van der Waals surface area (Å²) in [7, 11) is 3.02. The molecule has 2 fully saturated rings. The standard InChI is InChI=1S/C11H15N5O5.C11H14N4O5/c1-15-9(20)5-8(14-11(15)12)16(3-13-5)10-7(19)6(18)4(2-17)21-10;1-14-3-13-9-6(10(14)19)12-4-15(9)11-8(18)7(17)5(2-16)20-11/h3-4,6-7,10,17-19H,2H2,1H3,(H2,12,14);3-5,7-8,11,16-18H,2H2,1H3/t4-,6-,7-,10-;5-,7-,8-,11-/m11/s1. The van der Waals surface area contributed by atoms with Gasteiger partial charge in [0.2, 0.25) is 5.95 Å². The van der Waals surface area contributed by atoms with Crippen LogP contribution in [0.25, 0.3) is 22.3 Å². The van der Waals surface area contributed by atoms with Crippen LogP contribution < -0.4 is 16.9 Å². The van der Waals surface area contributed by atoms with Crippen molar-refractivity contribution in [3.05, 3.63) is 39.7 Å². The monoisotopic (exact) mass is 579 g/mol. The van der Waals surface area contributed by atoms with E-state index >= 15 is 0 Å². The quantitative estimate of drug-likeness (QED) is 0.119. The van der Waals surface area contributed by atoms with Crippen molar-refractivity contribution in [1.82, 2.24) is 38.2 Å². The lowest BCUT2D eigenvalue weighted by Gasteiger charge is -2.16. The van der Waals surface area contributed by atoms with Gasteiger partial charge in [-0.15, -0.1) is 0 Å². The summed E-state index contributed by atoms with van der Waals surface area (Å²) in [5.74, 6) is -0.0130. The van der Waals surface area contributed by atoms with Crippen LogP contribution in [-0.4, -0.2) is 119 Å². The van der Waals surface area contributed by atoms with Gasteiger partial charge in [0.05, 0.1) is 32.2 Å². The number of imidazole rings is 2. The number of hydrogen-bond donors (Lipinski definition) is 7. The van der Waals surface area contributed by atoms with E-state index in [0.717, 1.165) is 4.57 Å². The van der Waals surface area contributed by atoms with Gasteiger partial charge in [0.1, 0.15) is 36.6 Å². The first kappa shape index (κ1) is 28.7. The van der Waals surface area contributed by atoms with E-state index in [1.165, 1.54) is 39.7 Å². The number of aliphatic hydroxyl groups is 6. The summed E-state index contributed by atoms with van der Waals surface area (Å²) in [5, 5.41) is 57.7. The van der Waals surface area contributed by atoms with Gasteiger partial charge in [-0.1, -0.05) is 0 Å². The molecule has 8 atom stereocenters. The van der Waals surface area contributed by atoms with Gasteiger partial charge in [-0.3, -0.25) is 23.3 Å². The zero-order valence-corrected chi connectivity index (χ0v) is 21.7. The minimum absolute atomic E-state index is 0.0130. The van der Waals surface area contributed by atoms with Gasteiger partial charge in [0.15, 0.2) is 34.8 Å². The number of rotatable bonds is 4. The van der Waals surface area contributed by atoms with Crippen LogP contribution in [-0.2, 0) is 23.6 Å². The molecular formula is C22H29N9O10. The van der Waals surface area contributed by atoms with Crippen molar-refractivity contribution in [3.8, 4) is 0 Å². The molecule has 0 saturated carbocycles. The number of hydrogen-bond acceptors (Lipinski definition) is 15. The summed E-state index contributed by atoms with van der Waals surface area (Å²) in [6.07, 6.45) is -4.83. The zero-order chi connectivity index (χ0) is 29.7. The molecule has 2 aliphatic heterocycles. The van der Waals surface area contributed by atoms with Crippen molar-refractivity contribution in [3.63, 3.8) is 0 Å². The Labute approximate surface area is 228 Å². The third-order valence-electron chi connectivity index (χ3n) is 7.07. The highest BCUT2D eigenvalue weighted by Gasteiger charge is 2.45. The first-order valence-corrected chi connectivity index (χ1v) is 12.3. The number of ether oxygens (including phenoxy) is 2. The minimum atomic E-state index is -1.29. The molecule has 0 radical (unpaired) electrons. The number of nitrogens with two attached hydrogens (primary N) is 1. The van der Waals surface area contributed by atoms with E-state index in [2.05, 4.69) is 19.9 Å². The average Bonchev–Trinajstić information content (AvgIpc) is 3.71. The SMILES string of the molecule is Cn1c(N)nc2c(ncn2[C@@H]2O[C@H](CO)[C@@H](O)[C@H]2O)c1=O.Cn1cnc2c(ncn2[C@@H]2O[C@H](CO)[C@@H](O)[C@H]2O)c1=O. The number of anilines is 1. The maximum Gasteiger partial charge on any atom is 0.282 e. The third-order valence-corrected chi connectivity index (χ3v) is 7.07. The van der Waals surface area contributed by atoms with Gasteiger partial charge < -0.3 is 50.4 Å². The van der Waals surface area contributed by atoms with Gasteiger partial charge >= 0.3 is 0 Å². The molecular weight excluding hydrogens is 550 g/mol. The number of aryl methyl sites for hydroxylation is 1. The molecule has 222 valence electrons. The highest BCUT2D eigenvalue weighted by atomic mass is 16.6. The predicted molar refractivity (Wildman–Crippen MR) is 136 cm³/mol. The van der Waals surface area contributed by atoms with Crippen LogP contribution in [0.4, 0.5) is 5.95 Å². The molecule has 0 bridgehead atoms. The molecule has 19 heteroatoms. The first-order chi connectivity index (χ1) is 19.5. The van der Waals surface area contributed by atoms with E-state index in [-0.39, 0.29) is 33.8 Å². The van der Waals surface area contributed by atoms with Crippen LogP contribution in [0.3, 0.4) is 0 Å². The Hall–Kier alpha value is -3.82. The van der Waals surface area contributed by atoms with Gasteiger partial charge in [0, 0.05) is 14.1 Å². The summed E-state index contributed by atoms with van der Waals surface area (Å²) in [6.45, 7) is -0.866. The lowest BCUT2D eigenvalue weighted by Crippen LogP contribution is -2.33. The number of aliphatic hydroxyl groups excluding tert-OH is 6. The van der Waals surface area contributed by atoms with E-state index in [4.69, 9.17) is 25.4 Å². The van der Waals surface area contributed by atoms with Gasteiger partial charge in [-0.05, 0) is 0 Å². The van der Waals surface area contributed by atoms with Gasteiger partial charge in [-0.2, -0.15) is 4.98 Å². The molecule has 6 rings (SSSR count). The van der Waals surface area contributed by atoms with Crippen molar-refractivity contribution in [2.24, 2.45) is 14.1 Å². The second kappa shape index (κ2) is 10.9. The maximum atomic E-state index is 12.0. The van der Waals surface area contributed by atoms with Crippen molar-refractivity contribution < 1.29 is 40.1 Å². The highest BCUT2D eigenvalue weighted by molar-refractivity contribution is 5.71. The maximum absolute atomic E-state index is 12.0. The largest absolute Gasteiger partial charge is 0.394 e. The first-order valence-electron chi connectivity index (χ1n) is 12.3. The fourth-order valence-electron chi connectivity index (χ4n) is 4.65. The fourth-order valence-corrected chi connectivity index (χ4v) is 4.65. The van der Waals surface area contributed by atoms with Crippen molar-refractivity contribution in [2.45, 2.75) is 49.1 Å². The van der Waals surface area contributed by atoms with Crippen LogP contribution >= 0.6 is 0 Å². The number of fused-ring (bicyclic) bond motifs is 2. The Kier molecular flexibility index (Phi) is 7.61. The van der Waals surface area contributed by atoms with Crippen LogP contribution in [0.5, 0.6) is 0 Å². The molecule has 0 amide bonds. The van der Waals surface area contributed by atoms with E-state index in [0.29, 0.717) is 0 Å². The molecule has 2 aliphatic rings. The summed E-state index contributed by atoms with van der Waals surface area (Å²) in [4.78, 5) is 40.0. The summed E-state index contributed by atoms with van der Waals surface area (Å²) >= 11 is 0. The molecule has 2 saturated heterocycles. The Morgan fingerprint density at radius 3 is 1.73 bits per heavy atom. The van der Waals surface area contributed by atoms with Crippen molar-refractivity contribution in [1.29, 1.82) is 0 Å². The van der Waals surface area contributed by atoms with E-state index in [9.17, 15) is 30.0 Å². The molecule has 0 aliphatic carbocycles. The van der Waals surface area contributed by atoms with Gasteiger partial charge in [-0.25, -0.2) is 15.0 Å². The summed E-state index contributed by atoms with van der Waals surface area (Å²) in [5.41, 5.74) is 5.52. The van der Waals surface area contributed by atoms with E-state index in [1.807, 2.05) is 0 Å². The molecule has 6 heterocycles. The molecule has 19 nitrogen and oxygen atoms in total. The number of nitrogen functional groups attached to an aromatic ring is 1. The van der Waals surface area contributed by atoms with Crippen LogP contribution in [0.1, 0.15) is 12.5 Å². The zero-order valence-electron chi connectivity index (χ0n) is 21.7. The normalized spacial score (nSPS) is 29.8. The van der Waals surface area contributed by atoms with Crippen LogP contribution in [0.2, 0.25) is 0 Å². The summed E-state index contributed by atoms with van der Waals surface area (Å²) < 4.78 is 15.9. The van der Waals surface area contributed by atoms with E-state index in [1.54, 1.807) is 7.05 Å². The molecule has 4 aromatic rings. The van der Waals surface area contributed by atoms with Crippen LogP contribution in [0.15, 0.2) is 28.6 Å².